The van der Waals surface area contributed by atoms with Crippen LogP contribution in [0, 0.1) is 11.5 Å². The summed E-state index contributed by atoms with van der Waals surface area (Å²) >= 11 is 1.33. The highest BCUT2D eigenvalue weighted by Crippen LogP contribution is 2.38. The van der Waals surface area contributed by atoms with Gasteiger partial charge in [-0.05, 0) is 48.4 Å². The molecule has 39 heavy (non-hydrogen) atoms. The van der Waals surface area contributed by atoms with Gasteiger partial charge in [-0.1, -0.05) is 43.7 Å². The number of carbonyl (C=O) groups excluding carboxylic acids is 1. The fourth-order valence-electron chi connectivity index (χ4n) is 3.98. The van der Waals surface area contributed by atoms with Crippen LogP contribution in [0.1, 0.15) is 54.1 Å². The Kier molecular flexibility index (Phi) is 9.68. The number of sulfonamides is 1. The van der Waals surface area contributed by atoms with E-state index >= 15 is 0 Å². The van der Waals surface area contributed by atoms with Crippen LogP contribution in [-0.4, -0.2) is 36.8 Å². The normalized spacial score (nSPS) is 11.7. The van der Waals surface area contributed by atoms with E-state index in [9.17, 15) is 26.4 Å². The van der Waals surface area contributed by atoms with Gasteiger partial charge in [0.2, 0.25) is 0 Å². The van der Waals surface area contributed by atoms with Crippen molar-refractivity contribution in [3.8, 4) is 17.3 Å². The van der Waals surface area contributed by atoms with Crippen LogP contribution in [0.25, 0.3) is 11.1 Å². The number of hydrogen-bond acceptors (Lipinski definition) is 7. The number of esters is 1. The summed E-state index contributed by atoms with van der Waals surface area (Å²) in [4.78, 5) is 16.7. The summed E-state index contributed by atoms with van der Waals surface area (Å²) in [6, 6.07) is 8.88. The van der Waals surface area contributed by atoms with Gasteiger partial charge >= 0.3 is 12.1 Å². The Bertz CT molecular complexity index is 1480. The minimum Gasteiger partial charge on any atom is -0.461 e. The smallest absolute Gasteiger partial charge is 0.417 e. The van der Waals surface area contributed by atoms with E-state index in [1.165, 1.54) is 34.8 Å². The number of alkyl halides is 3. The molecule has 0 radical (unpaired) electrons. The Balaban J connectivity index is 2.02. The third-order valence-corrected chi connectivity index (χ3v) is 7.73. The SMILES string of the molecule is CCCCc1nc(SC)c(C(=O)OCC)n1Cc1ccc(-c2ccc(S(=O)(=O)NC#N)cc2C(F)(F)F)cc1. The minimum absolute atomic E-state index is 0.199. The summed E-state index contributed by atoms with van der Waals surface area (Å²) in [5.41, 5.74) is -0.0925. The van der Waals surface area contributed by atoms with Crippen molar-refractivity contribution in [1.82, 2.24) is 14.3 Å². The predicted molar refractivity (Wildman–Crippen MR) is 140 cm³/mol. The molecule has 1 heterocycles. The van der Waals surface area contributed by atoms with Crippen molar-refractivity contribution in [2.75, 3.05) is 12.9 Å². The number of carbonyl (C=O) groups is 1. The lowest BCUT2D eigenvalue weighted by Crippen LogP contribution is -2.19. The van der Waals surface area contributed by atoms with Gasteiger partial charge in [-0.2, -0.15) is 18.4 Å². The van der Waals surface area contributed by atoms with Crippen LogP contribution < -0.4 is 4.72 Å². The number of thioether (sulfide) groups is 1. The van der Waals surface area contributed by atoms with E-state index in [4.69, 9.17) is 10.00 Å². The summed E-state index contributed by atoms with van der Waals surface area (Å²) in [5, 5.41) is 9.16. The summed E-state index contributed by atoms with van der Waals surface area (Å²) in [5.74, 6) is 0.222. The molecule has 0 saturated carbocycles. The third kappa shape index (κ3) is 6.93. The van der Waals surface area contributed by atoms with Crippen molar-refractivity contribution in [3.63, 3.8) is 0 Å². The maximum atomic E-state index is 13.9. The monoisotopic (exact) mass is 580 g/mol. The van der Waals surface area contributed by atoms with E-state index in [0.29, 0.717) is 23.2 Å². The van der Waals surface area contributed by atoms with Crippen LogP contribution in [0.15, 0.2) is 52.4 Å². The predicted octanol–water partition coefficient (Wildman–Crippen LogP) is 5.62. The molecular formula is C26H27F3N4O4S2. The molecular weight excluding hydrogens is 553 g/mol. The van der Waals surface area contributed by atoms with Crippen molar-refractivity contribution in [2.45, 2.75) is 55.8 Å². The number of benzene rings is 2. The van der Waals surface area contributed by atoms with Crippen LogP contribution in [0.5, 0.6) is 0 Å². The zero-order valence-corrected chi connectivity index (χ0v) is 23.1. The Morgan fingerprint density at radius 2 is 1.87 bits per heavy atom. The highest BCUT2D eigenvalue weighted by atomic mass is 32.2. The molecule has 3 aromatic rings. The van der Waals surface area contributed by atoms with Crippen LogP contribution in [0.4, 0.5) is 13.2 Å². The Labute approximate surface area is 229 Å². The molecule has 0 atom stereocenters. The van der Waals surface area contributed by atoms with E-state index < -0.39 is 32.6 Å². The number of hydrogen-bond donors (Lipinski definition) is 1. The molecule has 2 aromatic carbocycles. The maximum Gasteiger partial charge on any atom is 0.417 e. The number of imidazole rings is 1. The fraction of sp³-hybridized carbons (Fsp3) is 0.346. The lowest BCUT2D eigenvalue weighted by molar-refractivity contribution is -0.137. The number of rotatable bonds is 11. The first-order valence-electron chi connectivity index (χ1n) is 12.0. The van der Waals surface area contributed by atoms with Crippen molar-refractivity contribution in [3.05, 3.63) is 65.1 Å². The largest absolute Gasteiger partial charge is 0.461 e. The number of nitriles is 1. The number of nitrogens with one attached hydrogen (secondary N) is 1. The van der Waals surface area contributed by atoms with Crippen molar-refractivity contribution >= 4 is 27.8 Å². The molecule has 3 rings (SSSR count). The first-order chi connectivity index (χ1) is 18.5. The van der Waals surface area contributed by atoms with Crippen LogP contribution in [0.2, 0.25) is 0 Å². The second kappa shape index (κ2) is 12.6. The standard InChI is InChI=1S/C26H27F3N4O4S2/c1-4-6-7-22-32-24(38-3)23(25(34)37-5-2)33(22)15-17-8-10-18(11-9-17)20-13-12-19(39(35,36)31-16-30)14-21(20)26(27,28)29/h8-14,31H,4-7,15H2,1-3H3. The average molecular weight is 581 g/mol. The van der Waals surface area contributed by atoms with Gasteiger partial charge < -0.3 is 9.30 Å². The molecule has 0 aliphatic heterocycles. The second-order valence-electron chi connectivity index (χ2n) is 8.42. The molecule has 1 aromatic heterocycles. The second-order valence-corrected chi connectivity index (χ2v) is 10.9. The maximum absolute atomic E-state index is 13.9. The van der Waals surface area contributed by atoms with Gasteiger partial charge in [-0.3, -0.25) is 0 Å². The van der Waals surface area contributed by atoms with Gasteiger partial charge in [0.1, 0.15) is 10.9 Å². The zero-order chi connectivity index (χ0) is 28.8. The topological polar surface area (TPSA) is 114 Å². The molecule has 13 heteroatoms. The van der Waals surface area contributed by atoms with Gasteiger partial charge in [-0.25, -0.2) is 22.9 Å². The number of ether oxygens (including phenoxy) is 1. The third-order valence-electron chi connectivity index (χ3n) is 5.82. The van der Waals surface area contributed by atoms with Crippen molar-refractivity contribution in [1.29, 1.82) is 5.26 Å². The number of nitrogens with zero attached hydrogens (tertiary/aromatic N) is 3. The average Bonchev–Trinajstić information content (AvgIpc) is 3.24. The van der Waals surface area contributed by atoms with Crippen molar-refractivity contribution in [2.24, 2.45) is 0 Å². The molecule has 0 spiro atoms. The lowest BCUT2D eigenvalue weighted by Gasteiger charge is -2.16. The molecule has 0 aliphatic rings. The van der Waals surface area contributed by atoms with E-state index in [-0.39, 0.29) is 24.3 Å². The number of halogens is 3. The van der Waals surface area contributed by atoms with Gasteiger partial charge in [0.15, 0.2) is 11.9 Å². The molecule has 1 N–H and O–H groups in total. The van der Waals surface area contributed by atoms with Crippen LogP contribution in [-0.2, 0) is 33.9 Å². The molecule has 0 amide bonds. The van der Waals surface area contributed by atoms with E-state index in [0.717, 1.165) is 36.4 Å². The summed E-state index contributed by atoms with van der Waals surface area (Å²) in [7, 11) is -4.42. The molecule has 0 unspecified atom stereocenters. The van der Waals surface area contributed by atoms with Gasteiger partial charge in [0.05, 0.1) is 17.1 Å². The first kappa shape index (κ1) is 30.0. The van der Waals surface area contributed by atoms with E-state index in [1.807, 2.05) is 13.2 Å². The van der Waals surface area contributed by atoms with Crippen molar-refractivity contribution < 1.29 is 31.1 Å². The Morgan fingerprint density at radius 1 is 1.18 bits per heavy atom. The van der Waals surface area contributed by atoms with E-state index in [1.54, 1.807) is 23.6 Å². The molecule has 8 nitrogen and oxygen atoms in total. The number of aryl methyl sites for hydroxylation is 1. The minimum atomic E-state index is -4.85. The number of aromatic nitrogens is 2. The summed E-state index contributed by atoms with van der Waals surface area (Å²) in [6.45, 7) is 4.21. The zero-order valence-electron chi connectivity index (χ0n) is 21.5. The lowest BCUT2D eigenvalue weighted by atomic mass is 9.98. The molecule has 0 saturated heterocycles. The summed E-state index contributed by atoms with van der Waals surface area (Å²) in [6.07, 6.45) is 0.628. The fourth-order valence-corrected chi connectivity index (χ4v) is 5.32. The Hall–Kier alpha value is -3.50. The summed E-state index contributed by atoms with van der Waals surface area (Å²) < 4.78 is 74.3. The molecule has 0 fully saturated rings. The molecule has 208 valence electrons. The van der Waals surface area contributed by atoms with Crippen LogP contribution in [0.3, 0.4) is 0 Å². The highest BCUT2D eigenvalue weighted by molar-refractivity contribution is 7.98. The van der Waals surface area contributed by atoms with Gasteiger partial charge in [0.25, 0.3) is 10.0 Å². The first-order valence-corrected chi connectivity index (χ1v) is 14.7. The Morgan fingerprint density at radius 3 is 2.44 bits per heavy atom. The van der Waals surface area contributed by atoms with Gasteiger partial charge in [0, 0.05) is 13.0 Å². The molecule has 0 aliphatic carbocycles. The quantitative estimate of drug-likeness (QED) is 0.136. The van der Waals surface area contributed by atoms with Crippen LogP contribution >= 0.6 is 11.8 Å². The van der Waals surface area contributed by atoms with Gasteiger partial charge in [-0.15, -0.1) is 11.8 Å². The number of unbranched alkanes of at least 4 members (excludes halogenated alkanes) is 1. The van der Waals surface area contributed by atoms with E-state index in [2.05, 4.69) is 4.98 Å². The molecule has 0 bridgehead atoms. The highest BCUT2D eigenvalue weighted by Gasteiger charge is 2.35.